The number of rotatable bonds is 8. The number of hydrogen-bond donors (Lipinski definition) is 1. The highest BCUT2D eigenvalue weighted by Crippen LogP contribution is 2.22. The summed E-state index contributed by atoms with van der Waals surface area (Å²) in [7, 11) is 0. The Labute approximate surface area is 116 Å². The molecule has 0 aromatic heterocycles. The third-order valence-corrected chi connectivity index (χ3v) is 3.33. The summed E-state index contributed by atoms with van der Waals surface area (Å²) in [5, 5.41) is 8.88. The molecule has 0 aliphatic carbocycles. The van der Waals surface area contributed by atoms with Crippen molar-refractivity contribution in [2.24, 2.45) is 0 Å². The monoisotopic (exact) mass is 263 g/mol. The predicted octanol–water partition coefficient (Wildman–Crippen LogP) is 3.77. The van der Waals surface area contributed by atoms with Gasteiger partial charge in [-0.1, -0.05) is 31.9 Å². The standard InChI is InChI=1S/C16H25NO2/c1-4-5-6-10-17(11-9-16(18)19)15-12-13(2)7-8-14(15)3/h7-8,12H,4-6,9-11H2,1-3H3,(H,18,19). The number of benzene rings is 1. The van der Waals surface area contributed by atoms with Crippen LogP contribution in [0, 0.1) is 13.8 Å². The number of aryl methyl sites for hydroxylation is 2. The van der Waals surface area contributed by atoms with Gasteiger partial charge in [-0.2, -0.15) is 0 Å². The molecular formula is C16H25NO2. The van der Waals surface area contributed by atoms with Crippen LogP contribution in [0.3, 0.4) is 0 Å². The van der Waals surface area contributed by atoms with Crippen LogP contribution in [-0.4, -0.2) is 24.2 Å². The van der Waals surface area contributed by atoms with Gasteiger partial charge in [0.25, 0.3) is 0 Å². The minimum atomic E-state index is -0.731. The minimum Gasteiger partial charge on any atom is -0.481 e. The second-order valence-corrected chi connectivity index (χ2v) is 5.13. The highest BCUT2D eigenvalue weighted by atomic mass is 16.4. The Morgan fingerprint density at radius 3 is 2.58 bits per heavy atom. The normalized spacial score (nSPS) is 10.5. The minimum absolute atomic E-state index is 0.194. The van der Waals surface area contributed by atoms with Crippen molar-refractivity contribution < 1.29 is 9.90 Å². The van der Waals surface area contributed by atoms with Crippen molar-refractivity contribution in [3.63, 3.8) is 0 Å². The van der Waals surface area contributed by atoms with Crippen LogP contribution in [0.25, 0.3) is 0 Å². The molecule has 0 fully saturated rings. The molecule has 1 N–H and O–H groups in total. The topological polar surface area (TPSA) is 40.5 Å². The molecule has 0 heterocycles. The van der Waals surface area contributed by atoms with Gasteiger partial charge >= 0.3 is 5.97 Å². The summed E-state index contributed by atoms with van der Waals surface area (Å²) in [4.78, 5) is 13.0. The maximum absolute atomic E-state index is 10.8. The molecule has 1 rings (SSSR count). The molecule has 0 aliphatic rings. The van der Waals surface area contributed by atoms with Crippen molar-refractivity contribution in [1.82, 2.24) is 0 Å². The number of hydrogen-bond acceptors (Lipinski definition) is 2. The quantitative estimate of drug-likeness (QED) is 0.726. The van der Waals surface area contributed by atoms with E-state index in [1.807, 2.05) is 0 Å². The van der Waals surface area contributed by atoms with Crippen molar-refractivity contribution in [3.05, 3.63) is 29.3 Å². The van der Waals surface area contributed by atoms with Crippen LogP contribution < -0.4 is 4.90 Å². The molecule has 106 valence electrons. The molecule has 0 aliphatic heterocycles. The lowest BCUT2D eigenvalue weighted by Gasteiger charge is -2.26. The Balaban J connectivity index is 2.80. The van der Waals surface area contributed by atoms with Crippen LogP contribution in [0.15, 0.2) is 18.2 Å². The first kappa shape index (κ1) is 15.5. The molecular weight excluding hydrogens is 238 g/mol. The Kier molecular flexibility index (Phi) is 6.40. The average molecular weight is 263 g/mol. The summed E-state index contributed by atoms with van der Waals surface area (Å²) in [6.45, 7) is 7.86. The lowest BCUT2D eigenvalue weighted by atomic mass is 10.1. The molecule has 0 saturated heterocycles. The highest BCUT2D eigenvalue weighted by Gasteiger charge is 2.11. The van der Waals surface area contributed by atoms with Gasteiger partial charge in [0, 0.05) is 18.8 Å². The van der Waals surface area contributed by atoms with E-state index in [4.69, 9.17) is 5.11 Å². The number of aliphatic carboxylic acids is 1. The highest BCUT2D eigenvalue weighted by molar-refractivity contribution is 5.68. The molecule has 0 atom stereocenters. The van der Waals surface area contributed by atoms with Gasteiger partial charge in [-0.25, -0.2) is 0 Å². The van der Waals surface area contributed by atoms with Gasteiger partial charge in [-0.05, 0) is 37.5 Å². The van der Waals surface area contributed by atoms with Crippen LogP contribution in [-0.2, 0) is 4.79 Å². The van der Waals surface area contributed by atoms with E-state index in [9.17, 15) is 4.79 Å². The SMILES string of the molecule is CCCCCN(CCC(=O)O)c1cc(C)ccc1C. The van der Waals surface area contributed by atoms with Gasteiger partial charge in [0.2, 0.25) is 0 Å². The van der Waals surface area contributed by atoms with Crippen LogP contribution in [0.1, 0.15) is 43.7 Å². The summed E-state index contributed by atoms with van der Waals surface area (Å²) < 4.78 is 0. The summed E-state index contributed by atoms with van der Waals surface area (Å²) in [6, 6.07) is 6.36. The number of nitrogens with zero attached hydrogens (tertiary/aromatic N) is 1. The molecule has 1 aromatic carbocycles. The molecule has 1 aromatic rings. The third kappa shape index (κ3) is 5.33. The smallest absolute Gasteiger partial charge is 0.305 e. The second-order valence-electron chi connectivity index (χ2n) is 5.13. The zero-order chi connectivity index (χ0) is 14.3. The zero-order valence-electron chi connectivity index (χ0n) is 12.3. The fraction of sp³-hybridized carbons (Fsp3) is 0.562. The van der Waals surface area contributed by atoms with E-state index in [1.54, 1.807) is 0 Å². The molecule has 0 radical (unpaired) electrons. The summed E-state index contributed by atoms with van der Waals surface area (Å²) in [6.07, 6.45) is 3.68. The van der Waals surface area contributed by atoms with Crippen LogP contribution >= 0.6 is 0 Å². The van der Waals surface area contributed by atoms with E-state index >= 15 is 0 Å². The molecule has 19 heavy (non-hydrogen) atoms. The molecule has 0 bridgehead atoms. The number of anilines is 1. The Morgan fingerprint density at radius 1 is 1.21 bits per heavy atom. The van der Waals surface area contributed by atoms with E-state index < -0.39 is 5.97 Å². The molecule has 0 spiro atoms. The summed E-state index contributed by atoms with van der Waals surface area (Å²) in [5.74, 6) is -0.731. The maximum atomic E-state index is 10.8. The van der Waals surface area contributed by atoms with Gasteiger partial charge in [-0.3, -0.25) is 4.79 Å². The fourth-order valence-electron chi connectivity index (χ4n) is 2.20. The van der Waals surface area contributed by atoms with Crippen molar-refractivity contribution >= 4 is 11.7 Å². The first-order chi connectivity index (χ1) is 9.04. The molecule has 0 saturated carbocycles. The van der Waals surface area contributed by atoms with Crippen LogP contribution in [0.5, 0.6) is 0 Å². The molecule has 3 nitrogen and oxygen atoms in total. The van der Waals surface area contributed by atoms with Gasteiger partial charge < -0.3 is 10.0 Å². The first-order valence-corrected chi connectivity index (χ1v) is 7.08. The Hall–Kier alpha value is -1.51. The van der Waals surface area contributed by atoms with E-state index in [2.05, 4.69) is 43.9 Å². The number of carbonyl (C=O) groups is 1. The van der Waals surface area contributed by atoms with Gasteiger partial charge in [0.1, 0.15) is 0 Å². The average Bonchev–Trinajstić information content (AvgIpc) is 2.36. The Bertz CT molecular complexity index is 415. The van der Waals surface area contributed by atoms with Gasteiger partial charge in [0.15, 0.2) is 0 Å². The molecule has 0 amide bonds. The zero-order valence-corrected chi connectivity index (χ0v) is 12.3. The van der Waals surface area contributed by atoms with Crippen LogP contribution in [0.2, 0.25) is 0 Å². The fourth-order valence-corrected chi connectivity index (χ4v) is 2.20. The Morgan fingerprint density at radius 2 is 1.95 bits per heavy atom. The largest absolute Gasteiger partial charge is 0.481 e. The predicted molar refractivity (Wildman–Crippen MR) is 79.9 cm³/mol. The molecule has 3 heteroatoms. The first-order valence-electron chi connectivity index (χ1n) is 7.08. The van der Waals surface area contributed by atoms with Gasteiger partial charge in [0.05, 0.1) is 6.42 Å². The third-order valence-electron chi connectivity index (χ3n) is 3.33. The summed E-state index contributed by atoms with van der Waals surface area (Å²) in [5.41, 5.74) is 3.61. The van der Waals surface area contributed by atoms with Crippen molar-refractivity contribution in [2.45, 2.75) is 46.5 Å². The molecule has 0 unspecified atom stereocenters. The summed E-state index contributed by atoms with van der Waals surface area (Å²) >= 11 is 0. The van der Waals surface area contributed by atoms with Gasteiger partial charge in [-0.15, -0.1) is 0 Å². The van der Waals surface area contributed by atoms with Crippen LogP contribution in [0.4, 0.5) is 5.69 Å². The van der Waals surface area contributed by atoms with E-state index in [0.717, 1.165) is 13.0 Å². The maximum Gasteiger partial charge on any atom is 0.305 e. The second kappa shape index (κ2) is 7.82. The lowest BCUT2D eigenvalue weighted by molar-refractivity contribution is -0.136. The van der Waals surface area contributed by atoms with Crippen molar-refractivity contribution in [2.75, 3.05) is 18.0 Å². The number of unbranched alkanes of at least 4 members (excludes halogenated alkanes) is 2. The number of carboxylic acid groups (broad SMARTS) is 1. The van der Waals surface area contributed by atoms with Crippen molar-refractivity contribution in [3.8, 4) is 0 Å². The van der Waals surface area contributed by atoms with E-state index in [-0.39, 0.29) is 6.42 Å². The number of carboxylic acids is 1. The lowest BCUT2D eigenvalue weighted by Crippen LogP contribution is -2.28. The van der Waals surface area contributed by atoms with E-state index in [0.29, 0.717) is 6.54 Å². The van der Waals surface area contributed by atoms with Crippen molar-refractivity contribution in [1.29, 1.82) is 0 Å². The van der Waals surface area contributed by atoms with E-state index in [1.165, 1.54) is 29.7 Å².